The number of carbonyl (C=O) groups is 1. The average Bonchev–Trinajstić information content (AvgIpc) is 3.33. The first-order valence-electron chi connectivity index (χ1n) is 13.7. The Morgan fingerprint density at radius 3 is 2.28 bits per heavy atom. The van der Waals surface area contributed by atoms with E-state index in [1.54, 1.807) is 24.5 Å². The number of piperazine rings is 1. The third-order valence-corrected chi connectivity index (χ3v) is 7.38. The van der Waals surface area contributed by atoms with E-state index in [1.165, 1.54) is 22.4 Å². The third-order valence-electron chi connectivity index (χ3n) is 7.38. The minimum Gasteiger partial charge on any atom is -0.353 e. The molecule has 200 valence electrons. The number of pyridine rings is 1. The maximum atomic E-state index is 12.2. The molecule has 1 N–H and O–H groups in total. The van der Waals surface area contributed by atoms with Crippen LogP contribution in [0.25, 0.3) is 6.08 Å². The van der Waals surface area contributed by atoms with Crippen molar-refractivity contribution in [3.8, 4) is 0 Å². The number of aryl methyl sites for hydroxylation is 1. The number of carbonyl (C=O) groups excluding carboxylic acids is 1. The Labute approximate surface area is 231 Å². The molecule has 0 unspecified atom stereocenters. The smallest absolute Gasteiger partial charge is 0.244 e. The number of nitrogens with zero attached hydrogens (tertiary/aromatic N) is 4. The van der Waals surface area contributed by atoms with Crippen LogP contribution in [0.15, 0.2) is 104 Å². The summed E-state index contributed by atoms with van der Waals surface area (Å²) in [6.45, 7) is 5.69. The van der Waals surface area contributed by atoms with Crippen LogP contribution in [-0.4, -0.2) is 58.0 Å². The van der Waals surface area contributed by atoms with Gasteiger partial charge in [-0.15, -0.1) is 0 Å². The van der Waals surface area contributed by atoms with Crippen LogP contribution in [0.4, 0.5) is 0 Å². The van der Waals surface area contributed by atoms with Crippen LogP contribution < -0.4 is 5.32 Å². The van der Waals surface area contributed by atoms with Crippen LogP contribution in [0.1, 0.15) is 34.0 Å². The molecule has 0 bridgehead atoms. The van der Waals surface area contributed by atoms with Crippen molar-refractivity contribution in [2.45, 2.75) is 19.0 Å². The number of nitrogens with one attached hydrogen (secondary N) is 1. The number of rotatable bonds is 10. The van der Waals surface area contributed by atoms with Crippen molar-refractivity contribution in [3.63, 3.8) is 0 Å². The lowest BCUT2D eigenvalue weighted by Crippen LogP contribution is -2.47. The summed E-state index contributed by atoms with van der Waals surface area (Å²) in [4.78, 5) is 21.4. The Balaban J connectivity index is 1.12. The molecule has 1 fully saturated rings. The maximum Gasteiger partial charge on any atom is 0.244 e. The van der Waals surface area contributed by atoms with E-state index in [1.807, 2.05) is 12.1 Å². The SMILES string of the molecule is Cn1cc(CCNC(=O)/C=C/c2cccnc2)cc1CN1CCN(C(c2ccccc2)c2ccccc2)CC1. The lowest BCUT2D eigenvalue weighted by Gasteiger charge is -2.39. The highest BCUT2D eigenvalue weighted by atomic mass is 16.1. The lowest BCUT2D eigenvalue weighted by atomic mass is 9.96. The molecule has 0 aliphatic carbocycles. The molecule has 6 heteroatoms. The van der Waals surface area contributed by atoms with Gasteiger partial charge in [-0.25, -0.2) is 0 Å². The Hall–Kier alpha value is -4.00. The summed E-state index contributed by atoms with van der Waals surface area (Å²) in [6, 6.07) is 28.1. The second kappa shape index (κ2) is 13.2. The number of benzene rings is 2. The zero-order valence-corrected chi connectivity index (χ0v) is 22.6. The highest BCUT2D eigenvalue weighted by molar-refractivity contribution is 5.91. The molecular formula is C33H37N5O. The van der Waals surface area contributed by atoms with Gasteiger partial charge >= 0.3 is 0 Å². The van der Waals surface area contributed by atoms with Crippen molar-refractivity contribution >= 4 is 12.0 Å². The molecule has 1 aliphatic heterocycles. The topological polar surface area (TPSA) is 53.4 Å². The fourth-order valence-corrected chi connectivity index (χ4v) is 5.31. The molecule has 5 rings (SSSR count). The van der Waals surface area contributed by atoms with Crippen molar-refractivity contribution in [2.24, 2.45) is 7.05 Å². The van der Waals surface area contributed by atoms with Crippen molar-refractivity contribution in [1.82, 2.24) is 24.7 Å². The highest BCUT2D eigenvalue weighted by Gasteiger charge is 2.26. The molecule has 6 nitrogen and oxygen atoms in total. The van der Waals surface area contributed by atoms with Gasteiger partial charge < -0.3 is 9.88 Å². The van der Waals surface area contributed by atoms with Crippen LogP contribution in [0.3, 0.4) is 0 Å². The summed E-state index contributed by atoms with van der Waals surface area (Å²) < 4.78 is 2.22. The number of hydrogen-bond acceptors (Lipinski definition) is 4. The van der Waals surface area contributed by atoms with E-state index in [2.05, 4.69) is 105 Å². The first-order chi connectivity index (χ1) is 19.2. The van der Waals surface area contributed by atoms with Gasteiger partial charge in [0.15, 0.2) is 0 Å². The Morgan fingerprint density at radius 2 is 1.64 bits per heavy atom. The molecular weight excluding hydrogens is 482 g/mol. The predicted octanol–water partition coefficient (Wildman–Crippen LogP) is 4.70. The molecule has 3 heterocycles. The van der Waals surface area contributed by atoms with Crippen LogP contribution >= 0.6 is 0 Å². The fourth-order valence-electron chi connectivity index (χ4n) is 5.31. The first-order valence-corrected chi connectivity index (χ1v) is 13.7. The maximum absolute atomic E-state index is 12.2. The Morgan fingerprint density at radius 1 is 0.949 bits per heavy atom. The monoisotopic (exact) mass is 519 g/mol. The molecule has 0 spiro atoms. The molecule has 4 aromatic rings. The van der Waals surface area contributed by atoms with E-state index in [-0.39, 0.29) is 11.9 Å². The highest BCUT2D eigenvalue weighted by Crippen LogP contribution is 2.29. The van der Waals surface area contributed by atoms with Gasteiger partial charge in [-0.2, -0.15) is 0 Å². The van der Waals surface area contributed by atoms with Gasteiger partial charge in [-0.1, -0.05) is 66.7 Å². The van der Waals surface area contributed by atoms with Gasteiger partial charge in [0, 0.05) is 76.7 Å². The normalized spacial score (nSPS) is 14.7. The van der Waals surface area contributed by atoms with Crippen LogP contribution in [0, 0.1) is 0 Å². The third kappa shape index (κ3) is 7.31. The summed E-state index contributed by atoms with van der Waals surface area (Å²) in [5.74, 6) is -0.0859. The molecule has 2 aromatic carbocycles. The van der Waals surface area contributed by atoms with Crippen LogP contribution in [0.2, 0.25) is 0 Å². The zero-order valence-electron chi connectivity index (χ0n) is 22.6. The molecule has 39 heavy (non-hydrogen) atoms. The second-order valence-corrected chi connectivity index (χ2v) is 10.1. The van der Waals surface area contributed by atoms with E-state index in [0.717, 1.165) is 44.7 Å². The first kappa shape index (κ1) is 26.6. The summed E-state index contributed by atoms with van der Waals surface area (Å²) in [5.41, 5.74) is 6.17. The van der Waals surface area contributed by atoms with Crippen molar-refractivity contribution < 1.29 is 4.79 Å². The number of hydrogen-bond donors (Lipinski definition) is 1. The second-order valence-electron chi connectivity index (χ2n) is 10.1. The van der Waals surface area contributed by atoms with Crippen LogP contribution in [-0.2, 0) is 24.8 Å². The molecule has 1 amide bonds. The summed E-state index contributed by atoms with van der Waals surface area (Å²) in [7, 11) is 2.12. The summed E-state index contributed by atoms with van der Waals surface area (Å²) in [5, 5.41) is 2.98. The minimum absolute atomic E-state index is 0.0859. The molecule has 1 aliphatic rings. The number of aromatic nitrogens is 2. The molecule has 1 saturated heterocycles. The van der Waals surface area contributed by atoms with E-state index in [4.69, 9.17) is 0 Å². The quantitative estimate of drug-likeness (QED) is 0.309. The zero-order chi connectivity index (χ0) is 26.9. The van der Waals surface area contributed by atoms with Crippen molar-refractivity contribution in [3.05, 3.63) is 131 Å². The minimum atomic E-state index is -0.0859. The molecule has 0 radical (unpaired) electrons. The average molecular weight is 520 g/mol. The fraction of sp³-hybridized carbons (Fsp3) is 0.273. The van der Waals surface area contributed by atoms with E-state index >= 15 is 0 Å². The van der Waals surface area contributed by atoms with Gasteiger partial charge in [0.25, 0.3) is 0 Å². The summed E-state index contributed by atoms with van der Waals surface area (Å²) >= 11 is 0. The van der Waals surface area contributed by atoms with E-state index in [9.17, 15) is 4.79 Å². The summed E-state index contributed by atoms with van der Waals surface area (Å²) in [6.07, 6.45) is 9.80. The molecule has 2 aromatic heterocycles. The van der Waals surface area contributed by atoms with E-state index in [0.29, 0.717) is 6.54 Å². The molecule has 0 atom stereocenters. The van der Waals surface area contributed by atoms with Crippen molar-refractivity contribution in [2.75, 3.05) is 32.7 Å². The van der Waals surface area contributed by atoms with Gasteiger partial charge in [-0.3, -0.25) is 19.6 Å². The van der Waals surface area contributed by atoms with Crippen molar-refractivity contribution in [1.29, 1.82) is 0 Å². The largest absolute Gasteiger partial charge is 0.353 e. The standard InChI is InChI=1S/C33H37N5O/c1-36-25-28(16-18-35-32(39)15-14-27-9-8-17-34-24-27)23-31(36)26-37-19-21-38(22-20-37)33(29-10-4-2-5-11-29)30-12-6-3-7-13-30/h2-15,17,23-25,33H,16,18-22,26H2,1H3,(H,35,39)/b15-14+. The van der Waals surface area contributed by atoms with Gasteiger partial charge in [-0.05, 0) is 46.9 Å². The van der Waals surface area contributed by atoms with E-state index < -0.39 is 0 Å². The lowest BCUT2D eigenvalue weighted by molar-refractivity contribution is -0.116. The van der Waals surface area contributed by atoms with Gasteiger partial charge in [0.05, 0.1) is 6.04 Å². The van der Waals surface area contributed by atoms with Gasteiger partial charge in [0.1, 0.15) is 0 Å². The number of amides is 1. The molecule has 0 saturated carbocycles. The Kier molecular flexibility index (Phi) is 8.99. The predicted molar refractivity (Wildman–Crippen MR) is 157 cm³/mol. The van der Waals surface area contributed by atoms with Gasteiger partial charge in [0.2, 0.25) is 5.91 Å². The van der Waals surface area contributed by atoms with Crippen LogP contribution in [0.5, 0.6) is 0 Å². The Bertz CT molecular complexity index is 1300.